The van der Waals surface area contributed by atoms with Crippen LogP contribution in [-0.2, 0) is 4.74 Å². The smallest absolute Gasteiger partial charge is 0.150 e. The molecule has 4 heterocycles. The summed E-state index contributed by atoms with van der Waals surface area (Å²) in [6, 6.07) is 12.5. The Morgan fingerprint density at radius 3 is 2.93 bits per heavy atom. The number of anilines is 1. The van der Waals surface area contributed by atoms with E-state index in [0.29, 0.717) is 0 Å². The van der Waals surface area contributed by atoms with Crippen molar-refractivity contribution in [3.8, 4) is 16.9 Å². The van der Waals surface area contributed by atoms with Crippen LogP contribution >= 0.6 is 0 Å². The minimum Gasteiger partial charge on any atom is -0.361 e. The van der Waals surface area contributed by atoms with Gasteiger partial charge in [-0.2, -0.15) is 0 Å². The van der Waals surface area contributed by atoms with E-state index in [0.717, 1.165) is 53.2 Å². The molecule has 0 amide bonds. The molecule has 5 rings (SSSR count). The van der Waals surface area contributed by atoms with Gasteiger partial charge in [-0.3, -0.25) is 0 Å². The molecule has 1 fully saturated rings. The fraction of sp³-hybridized carbons (Fsp3) is 0.273. The number of H-pyrrole nitrogens is 1. The zero-order valence-corrected chi connectivity index (χ0v) is 15.9. The number of aromatic nitrogens is 4. The van der Waals surface area contributed by atoms with E-state index in [9.17, 15) is 0 Å². The van der Waals surface area contributed by atoms with Crippen LogP contribution in [0.5, 0.6) is 0 Å². The Kier molecular flexibility index (Phi) is 4.33. The van der Waals surface area contributed by atoms with E-state index < -0.39 is 0 Å². The second-order valence-corrected chi connectivity index (χ2v) is 7.26. The monoisotopic (exact) mass is 373 g/mol. The summed E-state index contributed by atoms with van der Waals surface area (Å²) in [6.07, 6.45) is 8.96. The molecule has 1 unspecified atom stereocenters. The summed E-state index contributed by atoms with van der Waals surface area (Å²) in [5.74, 6) is 0.813. The van der Waals surface area contributed by atoms with Crippen molar-refractivity contribution in [2.24, 2.45) is 0 Å². The maximum absolute atomic E-state index is 5.88. The SMILES string of the molecule is Cc1cccc(-n2cc(-c3ccc[nH]3)c3c(NC4CCCCO4)ncnc32)c1. The van der Waals surface area contributed by atoms with Crippen LogP contribution in [0.3, 0.4) is 0 Å². The Bertz CT molecular complexity index is 1090. The normalized spacial score (nSPS) is 17.1. The molecule has 1 aliphatic rings. The van der Waals surface area contributed by atoms with Gasteiger partial charge in [-0.25, -0.2) is 9.97 Å². The zero-order valence-electron chi connectivity index (χ0n) is 15.9. The highest BCUT2D eigenvalue weighted by molar-refractivity contribution is 6.01. The molecule has 0 radical (unpaired) electrons. The average molecular weight is 373 g/mol. The lowest BCUT2D eigenvalue weighted by Gasteiger charge is -2.24. The molecular formula is C22H23N5O. The van der Waals surface area contributed by atoms with Crippen LogP contribution in [-0.4, -0.2) is 32.4 Å². The molecule has 1 aromatic carbocycles. The Hall–Kier alpha value is -3.12. The summed E-state index contributed by atoms with van der Waals surface area (Å²) in [5, 5.41) is 4.50. The number of benzene rings is 1. The van der Waals surface area contributed by atoms with E-state index in [4.69, 9.17) is 4.74 Å². The molecule has 0 spiro atoms. The lowest BCUT2D eigenvalue weighted by molar-refractivity contribution is 0.0342. The minimum atomic E-state index is -0.00865. The largest absolute Gasteiger partial charge is 0.361 e. The number of ether oxygens (including phenoxy) is 1. The summed E-state index contributed by atoms with van der Waals surface area (Å²) in [5.41, 5.74) is 5.29. The number of fused-ring (bicyclic) bond motifs is 1. The highest BCUT2D eigenvalue weighted by Crippen LogP contribution is 2.35. The first kappa shape index (κ1) is 17.0. The third-order valence-corrected chi connectivity index (χ3v) is 5.23. The quantitative estimate of drug-likeness (QED) is 0.546. The lowest BCUT2D eigenvalue weighted by Crippen LogP contribution is -2.27. The Labute approximate surface area is 163 Å². The van der Waals surface area contributed by atoms with E-state index in [1.165, 1.54) is 12.0 Å². The number of aromatic amines is 1. The minimum absolute atomic E-state index is 0.00865. The van der Waals surface area contributed by atoms with Gasteiger partial charge >= 0.3 is 0 Å². The molecule has 6 heteroatoms. The van der Waals surface area contributed by atoms with Crippen molar-refractivity contribution in [2.45, 2.75) is 32.4 Å². The molecule has 0 aliphatic carbocycles. The molecule has 3 aromatic heterocycles. The van der Waals surface area contributed by atoms with Gasteiger partial charge in [0.1, 0.15) is 18.4 Å². The molecule has 28 heavy (non-hydrogen) atoms. The Morgan fingerprint density at radius 2 is 2.14 bits per heavy atom. The molecule has 0 saturated carbocycles. The summed E-state index contributed by atoms with van der Waals surface area (Å²) in [7, 11) is 0. The van der Waals surface area contributed by atoms with Crippen molar-refractivity contribution < 1.29 is 4.74 Å². The molecule has 4 aromatic rings. The number of aryl methyl sites for hydroxylation is 1. The van der Waals surface area contributed by atoms with Gasteiger partial charge < -0.3 is 19.6 Å². The standard InChI is InChI=1S/C22H23N5O/c1-15-6-4-7-16(12-15)27-13-17(18-8-5-10-23-18)20-21(24-14-25-22(20)27)26-19-9-2-3-11-28-19/h4-8,10,12-14,19,23H,2-3,9,11H2,1H3,(H,24,25,26). The van der Waals surface area contributed by atoms with Crippen LogP contribution in [0, 0.1) is 6.92 Å². The van der Waals surface area contributed by atoms with Crippen LogP contribution in [0.2, 0.25) is 0 Å². The van der Waals surface area contributed by atoms with Crippen molar-refractivity contribution in [1.29, 1.82) is 0 Å². The highest BCUT2D eigenvalue weighted by Gasteiger charge is 2.21. The van der Waals surface area contributed by atoms with E-state index in [-0.39, 0.29) is 6.23 Å². The van der Waals surface area contributed by atoms with E-state index in [2.05, 4.69) is 68.3 Å². The van der Waals surface area contributed by atoms with Crippen LogP contribution in [0.25, 0.3) is 28.0 Å². The number of nitrogens with one attached hydrogen (secondary N) is 2. The predicted octanol–water partition coefficient (Wildman–Crippen LogP) is 4.66. The van der Waals surface area contributed by atoms with E-state index in [1.54, 1.807) is 6.33 Å². The van der Waals surface area contributed by atoms with Crippen LogP contribution in [0.15, 0.2) is 55.1 Å². The van der Waals surface area contributed by atoms with Gasteiger partial charge in [-0.05, 0) is 56.0 Å². The summed E-state index contributed by atoms with van der Waals surface area (Å²) < 4.78 is 8.01. The second kappa shape index (κ2) is 7.13. The zero-order chi connectivity index (χ0) is 18.9. The molecule has 1 aliphatic heterocycles. The molecule has 0 bridgehead atoms. The third kappa shape index (κ3) is 3.05. The van der Waals surface area contributed by atoms with E-state index in [1.807, 2.05) is 12.3 Å². The first-order valence-corrected chi connectivity index (χ1v) is 9.74. The van der Waals surface area contributed by atoms with Crippen molar-refractivity contribution in [3.63, 3.8) is 0 Å². The van der Waals surface area contributed by atoms with Gasteiger partial charge in [0.2, 0.25) is 0 Å². The van der Waals surface area contributed by atoms with Crippen LogP contribution < -0.4 is 5.32 Å². The molecule has 2 N–H and O–H groups in total. The van der Waals surface area contributed by atoms with Crippen molar-refractivity contribution in [2.75, 3.05) is 11.9 Å². The maximum atomic E-state index is 5.88. The van der Waals surface area contributed by atoms with Crippen LogP contribution in [0.4, 0.5) is 5.82 Å². The first-order chi connectivity index (χ1) is 13.8. The molecule has 1 saturated heterocycles. The van der Waals surface area contributed by atoms with Crippen molar-refractivity contribution in [3.05, 3.63) is 60.7 Å². The Balaban J connectivity index is 1.69. The van der Waals surface area contributed by atoms with Gasteiger partial charge in [0.25, 0.3) is 0 Å². The predicted molar refractivity (Wildman–Crippen MR) is 111 cm³/mol. The fourth-order valence-electron chi connectivity index (χ4n) is 3.85. The number of hydrogen-bond donors (Lipinski definition) is 2. The van der Waals surface area contributed by atoms with Gasteiger partial charge in [0, 0.05) is 35.9 Å². The van der Waals surface area contributed by atoms with Gasteiger partial charge in [0.05, 0.1) is 5.39 Å². The maximum Gasteiger partial charge on any atom is 0.150 e. The number of nitrogens with zero attached hydrogens (tertiary/aromatic N) is 3. The number of rotatable bonds is 4. The lowest BCUT2D eigenvalue weighted by atomic mass is 10.1. The Morgan fingerprint density at radius 1 is 1.18 bits per heavy atom. The summed E-state index contributed by atoms with van der Waals surface area (Å²) in [6.45, 7) is 2.89. The summed E-state index contributed by atoms with van der Waals surface area (Å²) in [4.78, 5) is 12.5. The molecule has 1 atom stereocenters. The molecule has 6 nitrogen and oxygen atoms in total. The topological polar surface area (TPSA) is 67.8 Å². The number of hydrogen-bond acceptors (Lipinski definition) is 4. The fourth-order valence-corrected chi connectivity index (χ4v) is 3.85. The third-order valence-electron chi connectivity index (χ3n) is 5.23. The van der Waals surface area contributed by atoms with Gasteiger partial charge in [0.15, 0.2) is 5.65 Å². The summed E-state index contributed by atoms with van der Waals surface area (Å²) >= 11 is 0. The second-order valence-electron chi connectivity index (χ2n) is 7.26. The average Bonchev–Trinajstić information content (AvgIpc) is 3.37. The van der Waals surface area contributed by atoms with Crippen LogP contribution in [0.1, 0.15) is 24.8 Å². The van der Waals surface area contributed by atoms with Gasteiger partial charge in [-0.1, -0.05) is 12.1 Å². The highest BCUT2D eigenvalue weighted by atomic mass is 16.5. The van der Waals surface area contributed by atoms with Gasteiger partial charge in [-0.15, -0.1) is 0 Å². The van der Waals surface area contributed by atoms with Crippen molar-refractivity contribution >= 4 is 16.9 Å². The molecule has 142 valence electrons. The first-order valence-electron chi connectivity index (χ1n) is 9.74. The van der Waals surface area contributed by atoms with Crippen molar-refractivity contribution in [1.82, 2.24) is 19.5 Å². The molecular weight excluding hydrogens is 350 g/mol. The van der Waals surface area contributed by atoms with E-state index >= 15 is 0 Å².